The van der Waals surface area contributed by atoms with Gasteiger partial charge in [-0.1, -0.05) is 107 Å². The third kappa shape index (κ3) is 13.0. The Morgan fingerprint density at radius 1 is 0.789 bits per heavy atom. The highest BCUT2D eigenvalue weighted by Gasteiger charge is 2.36. The van der Waals surface area contributed by atoms with Crippen LogP contribution < -0.4 is 32.3 Å². The topological polar surface area (TPSA) is 232 Å². The number of hydrogen-bond donors (Lipinski definition) is 9. The Bertz CT molecular complexity index is 1820. The number of rotatable bonds is 18. The quantitative estimate of drug-likeness (QED) is 0.0862. The number of benzene rings is 3. The average Bonchev–Trinajstić information content (AvgIpc) is 3.19. The molecule has 0 aliphatic heterocycles. The molecule has 1 aliphatic carbocycles. The van der Waals surface area contributed by atoms with E-state index in [0.29, 0.717) is 6.42 Å². The van der Waals surface area contributed by atoms with Crippen LogP contribution in [-0.2, 0) is 31.1 Å². The van der Waals surface area contributed by atoms with Crippen molar-refractivity contribution in [1.29, 1.82) is 0 Å². The number of nitrogens with two attached hydrogens (primary N) is 1. The second-order valence-electron chi connectivity index (χ2n) is 15.8. The van der Waals surface area contributed by atoms with Crippen LogP contribution in [0.25, 0.3) is 0 Å². The molecule has 3 aromatic carbocycles. The van der Waals surface area contributed by atoms with Crippen LogP contribution >= 0.6 is 0 Å². The summed E-state index contributed by atoms with van der Waals surface area (Å²) < 4.78 is 0. The third-order valence-corrected chi connectivity index (χ3v) is 10.4. The number of nitrogens with one attached hydrogen (secondary N) is 5. The van der Waals surface area contributed by atoms with Crippen LogP contribution in [0.3, 0.4) is 0 Å². The lowest BCUT2D eigenvalue weighted by Crippen LogP contribution is -2.61. The summed E-state index contributed by atoms with van der Waals surface area (Å²) >= 11 is 0. The molecule has 0 aromatic heterocycles. The molecule has 308 valence electrons. The zero-order valence-electron chi connectivity index (χ0n) is 33.2. The minimum atomic E-state index is -1.65. The summed E-state index contributed by atoms with van der Waals surface area (Å²) in [6.45, 7) is 6.74. The lowest BCUT2D eigenvalue weighted by atomic mass is 9.84. The van der Waals surface area contributed by atoms with E-state index in [4.69, 9.17) is 5.73 Å². The molecule has 5 amide bonds. The monoisotopic (exact) mass is 786 g/mol. The van der Waals surface area contributed by atoms with Crippen LogP contribution in [0.2, 0.25) is 0 Å². The molecule has 0 bridgehead atoms. The number of phenolic OH excluding ortho intramolecular Hbond substituents is 2. The van der Waals surface area contributed by atoms with Gasteiger partial charge in [0.2, 0.25) is 17.7 Å². The Kier molecular flexibility index (Phi) is 16.0. The van der Waals surface area contributed by atoms with Crippen molar-refractivity contribution in [2.45, 2.75) is 108 Å². The number of aliphatic hydroxyl groups excluding tert-OH is 1. The fraction of sp³-hybridized carbons (Fsp3) is 0.465. The summed E-state index contributed by atoms with van der Waals surface area (Å²) in [6, 6.07) is 17.4. The zero-order chi connectivity index (χ0) is 41.7. The molecule has 4 rings (SSSR count). The van der Waals surface area contributed by atoms with Crippen LogP contribution in [0, 0.1) is 11.8 Å². The van der Waals surface area contributed by atoms with E-state index in [1.54, 1.807) is 13.8 Å². The van der Waals surface area contributed by atoms with Gasteiger partial charge in [-0.05, 0) is 67.9 Å². The molecule has 57 heavy (non-hydrogen) atoms. The summed E-state index contributed by atoms with van der Waals surface area (Å²) in [4.78, 5) is 67.7. The Labute approximate surface area is 334 Å². The van der Waals surface area contributed by atoms with Gasteiger partial charge in [-0.15, -0.1) is 0 Å². The number of phenols is 2. The maximum absolute atomic E-state index is 14.3. The molecule has 3 aromatic rings. The second-order valence-corrected chi connectivity index (χ2v) is 15.8. The summed E-state index contributed by atoms with van der Waals surface area (Å²) in [5.41, 5.74) is 6.65. The zero-order valence-corrected chi connectivity index (χ0v) is 33.2. The minimum Gasteiger partial charge on any atom is -0.508 e. The third-order valence-electron chi connectivity index (χ3n) is 10.4. The predicted molar refractivity (Wildman–Crippen MR) is 216 cm³/mol. The molecular formula is C43H58N6O8. The van der Waals surface area contributed by atoms with Crippen molar-refractivity contribution < 1.29 is 39.3 Å². The first-order chi connectivity index (χ1) is 27.0. The molecule has 1 fully saturated rings. The first-order valence-electron chi connectivity index (χ1n) is 19.6. The van der Waals surface area contributed by atoms with Crippen molar-refractivity contribution in [2.24, 2.45) is 17.6 Å². The SMILES string of the molecule is CC(C)[C@H](NC(=O)[C@@H](N)CNC(=O)c1cc(O)ccc1O)C(=O)N[C@@H](CC1CCCCC1)C(=O)N[C@@H](Cc1ccccc1)[C@@H](O)C(=O)NC(C)(C)c1ccccc1. The van der Waals surface area contributed by atoms with E-state index in [9.17, 15) is 39.3 Å². The molecule has 0 spiro atoms. The van der Waals surface area contributed by atoms with Gasteiger partial charge in [-0.2, -0.15) is 0 Å². The molecule has 14 nitrogen and oxygen atoms in total. The van der Waals surface area contributed by atoms with Crippen LogP contribution in [0.5, 0.6) is 11.5 Å². The van der Waals surface area contributed by atoms with Crippen molar-refractivity contribution in [3.8, 4) is 11.5 Å². The molecule has 0 saturated heterocycles. The second kappa shape index (κ2) is 20.6. The van der Waals surface area contributed by atoms with E-state index in [-0.39, 0.29) is 35.9 Å². The number of carbonyl (C=O) groups is 5. The first-order valence-corrected chi connectivity index (χ1v) is 19.6. The number of hydrogen-bond acceptors (Lipinski definition) is 9. The Balaban J connectivity index is 1.49. The smallest absolute Gasteiger partial charge is 0.255 e. The number of amides is 5. The van der Waals surface area contributed by atoms with Gasteiger partial charge >= 0.3 is 0 Å². The van der Waals surface area contributed by atoms with Crippen molar-refractivity contribution in [3.05, 3.63) is 95.6 Å². The van der Waals surface area contributed by atoms with Gasteiger partial charge in [0.1, 0.15) is 29.6 Å². The van der Waals surface area contributed by atoms with E-state index in [0.717, 1.165) is 55.4 Å². The Hall–Kier alpha value is -5.47. The number of carbonyl (C=O) groups excluding carboxylic acids is 5. The highest BCUT2D eigenvalue weighted by atomic mass is 16.3. The summed E-state index contributed by atoms with van der Waals surface area (Å²) in [5, 5.41) is 45.0. The van der Waals surface area contributed by atoms with Gasteiger partial charge in [0.25, 0.3) is 11.8 Å². The highest BCUT2D eigenvalue weighted by Crippen LogP contribution is 2.28. The van der Waals surface area contributed by atoms with Crippen molar-refractivity contribution in [2.75, 3.05) is 6.54 Å². The van der Waals surface area contributed by atoms with Crippen LogP contribution in [0.4, 0.5) is 0 Å². The van der Waals surface area contributed by atoms with Crippen LogP contribution in [0.15, 0.2) is 78.9 Å². The van der Waals surface area contributed by atoms with Crippen LogP contribution in [-0.4, -0.2) is 81.7 Å². The largest absolute Gasteiger partial charge is 0.508 e. The van der Waals surface area contributed by atoms with Gasteiger partial charge in [0.15, 0.2) is 6.10 Å². The Morgan fingerprint density at radius 2 is 1.42 bits per heavy atom. The summed E-state index contributed by atoms with van der Waals surface area (Å²) in [7, 11) is 0. The van der Waals surface area contributed by atoms with E-state index in [1.807, 2.05) is 74.5 Å². The maximum Gasteiger partial charge on any atom is 0.255 e. The summed E-state index contributed by atoms with van der Waals surface area (Å²) in [6.07, 6.45) is 3.59. The maximum atomic E-state index is 14.3. The highest BCUT2D eigenvalue weighted by molar-refractivity contribution is 5.98. The fourth-order valence-electron chi connectivity index (χ4n) is 7.03. The van der Waals surface area contributed by atoms with Crippen molar-refractivity contribution in [1.82, 2.24) is 26.6 Å². The Morgan fingerprint density at radius 3 is 2.05 bits per heavy atom. The summed E-state index contributed by atoms with van der Waals surface area (Å²) in [5.74, 6) is -4.31. The standard InChI is InChI=1S/C43H58N6O8/c1-26(2)36(48-39(54)32(44)25-45-38(53)31-24-30(50)20-21-35(31)51)41(56)47-34(23-28-16-10-6-11-17-28)40(55)46-33(22-27-14-8-5-9-15-27)37(52)42(57)49-43(3,4)29-18-12-7-13-19-29/h5,7-9,12-15,18-21,24,26,28,32-34,36-37,50-52H,6,10-11,16-17,22-23,25,44H2,1-4H3,(H,45,53)(H,46,55)(H,47,56)(H,48,54)(H,49,57)/t32-,33-,34-,36-,37+/m0/s1. The normalized spacial score (nSPS) is 16.0. The molecule has 14 heteroatoms. The van der Waals surface area contributed by atoms with Crippen molar-refractivity contribution >= 4 is 29.5 Å². The van der Waals surface area contributed by atoms with E-state index >= 15 is 0 Å². The van der Waals surface area contributed by atoms with Gasteiger partial charge in [0, 0.05) is 6.54 Å². The molecule has 1 aliphatic rings. The van der Waals surface area contributed by atoms with Gasteiger partial charge < -0.3 is 47.6 Å². The van der Waals surface area contributed by atoms with Crippen molar-refractivity contribution in [3.63, 3.8) is 0 Å². The molecule has 1 saturated carbocycles. The lowest BCUT2D eigenvalue weighted by Gasteiger charge is -2.33. The molecule has 10 N–H and O–H groups in total. The van der Waals surface area contributed by atoms with Gasteiger partial charge in [-0.3, -0.25) is 24.0 Å². The first kappa shape index (κ1) is 44.2. The van der Waals surface area contributed by atoms with E-state index in [1.165, 1.54) is 6.07 Å². The van der Waals surface area contributed by atoms with E-state index < -0.39 is 71.3 Å². The number of aromatic hydroxyl groups is 2. The average molecular weight is 787 g/mol. The molecule has 0 unspecified atom stereocenters. The molecule has 0 heterocycles. The fourth-order valence-corrected chi connectivity index (χ4v) is 7.03. The number of aliphatic hydroxyl groups is 1. The van der Waals surface area contributed by atoms with Gasteiger partial charge in [0.05, 0.1) is 17.1 Å². The molecule has 5 atom stereocenters. The molecule has 0 radical (unpaired) electrons. The molecular weight excluding hydrogens is 729 g/mol. The predicted octanol–water partition coefficient (Wildman–Crippen LogP) is 2.89. The van der Waals surface area contributed by atoms with E-state index in [2.05, 4.69) is 26.6 Å². The van der Waals surface area contributed by atoms with Gasteiger partial charge in [-0.25, -0.2) is 0 Å². The minimum absolute atomic E-state index is 0.126. The van der Waals surface area contributed by atoms with Crippen LogP contribution in [0.1, 0.15) is 87.7 Å². The lowest BCUT2D eigenvalue weighted by molar-refractivity contribution is -0.136.